The first-order valence-corrected chi connectivity index (χ1v) is 8.14. The van der Waals surface area contributed by atoms with Gasteiger partial charge in [-0.3, -0.25) is 19.5 Å². The molecule has 22 heavy (non-hydrogen) atoms. The monoisotopic (exact) mass is 368 g/mol. The second-order valence-corrected chi connectivity index (χ2v) is 6.48. The molecule has 3 atom stereocenters. The number of carbonyl (C=O) groups is 1. The number of non-ortho nitro benzene ring substituents is 1. The maximum absolute atomic E-state index is 11.6. The number of amides is 1. The van der Waals surface area contributed by atoms with Gasteiger partial charge in [-0.1, -0.05) is 23.2 Å². The van der Waals surface area contributed by atoms with Crippen LogP contribution in [-0.4, -0.2) is 28.3 Å². The molecule has 1 aliphatic heterocycles. The van der Waals surface area contributed by atoms with Crippen molar-refractivity contribution in [3.05, 3.63) is 39.9 Å². The fourth-order valence-corrected chi connectivity index (χ4v) is 2.93. The molecule has 120 valence electrons. The van der Waals surface area contributed by atoms with E-state index in [1.807, 2.05) is 0 Å². The Labute approximate surface area is 135 Å². The highest BCUT2D eigenvalue weighted by Gasteiger charge is 2.33. The summed E-state index contributed by atoms with van der Waals surface area (Å²) in [6, 6.07) is 4.83. The molecule has 1 heterocycles. The van der Waals surface area contributed by atoms with E-state index in [0.29, 0.717) is 5.56 Å². The van der Waals surface area contributed by atoms with Crippen molar-refractivity contribution in [3.8, 4) is 0 Å². The van der Waals surface area contributed by atoms with Crippen molar-refractivity contribution in [1.82, 2.24) is 5.32 Å². The zero-order chi connectivity index (χ0) is 16.3. The molecule has 8 nitrogen and oxygen atoms in total. The van der Waals surface area contributed by atoms with Gasteiger partial charge in [-0.05, 0) is 17.7 Å². The summed E-state index contributed by atoms with van der Waals surface area (Å²) in [5.41, 5.74) is 0.420. The van der Waals surface area contributed by atoms with Gasteiger partial charge in [0.2, 0.25) is 0 Å². The minimum Gasteiger partial charge on any atom is -0.346 e. The number of nitrogens with zero attached hydrogens (tertiary/aromatic N) is 1. The van der Waals surface area contributed by atoms with Crippen molar-refractivity contribution in [2.75, 3.05) is 6.61 Å². The predicted molar refractivity (Wildman–Crippen MR) is 79.3 cm³/mol. The van der Waals surface area contributed by atoms with Gasteiger partial charge < -0.3 is 14.4 Å². The van der Waals surface area contributed by atoms with Crippen LogP contribution in [-0.2, 0) is 18.4 Å². The van der Waals surface area contributed by atoms with Crippen LogP contribution in [0, 0.1) is 10.1 Å². The largest absolute Gasteiger partial charge is 0.346 e. The third kappa shape index (κ3) is 4.18. The zero-order valence-electron chi connectivity index (χ0n) is 10.9. The molecule has 1 saturated heterocycles. The van der Waals surface area contributed by atoms with Gasteiger partial charge in [-0.15, -0.1) is 0 Å². The van der Waals surface area contributed by atoms with Crippen molar-refractivity contribution < 1.29 is 23.3 Å². The highest BCUT2D eigenvalue weighted by atomic mass is 35.5. The van der Waals surface area contributed by atoms with E-state index in [1.54, 1.807) is 0 Å². The molecular formula is C11H11Cl2N2O6P. The first-order chi connectivity index (χ1) is 10.4. The lowest BCUT2D eigenvalue weighted by atomic mass is 10.0. The second-order valence-electron chi connectivity index (χ2n) is 4.36. The normalized spacial score (nSPS) is 25.0. The summed E-state index contributed by atoms with van der Waals surface area (Å²) < 4.78 is 21.6. The molecule has 1 amide bonds. The molecular weight excluding hydrogens is 358 g/mol. The summed E-state index contributed by atoms with van der Waals surface area (Å²) in [5.74, 6) is -0.644. The summed E-state index contributed by atoms with van der Waals surface area (Å²) in [5, 5.41) is 13.2. The van der Waals surface area contributed by atoms with Crippen LogP contribution in [0.15, 0.2) is 24.3 Å². The highest BCUT2D eigenvalue weighted by Crippen LogP contribution is 2.40. The number of nitrogens with one attached hydrogen (secondary N) is 1. The number of benzene rings is 1. The van der Waals surface area contributed by atoms with Crippen LogP contribution < -0.4 is 5.32 Å². The van der Waals surface area contributed by atoms with E-state index in [4.69, 9.17) is 32.2 Å². The van der Waals surface area contributed by atoms with Gasteiger partial charge in [0.15, 0.2) is 4.84 Å². The Balaban J connectivity index is 2.20. The number of nitro benzene ring substituents is 1. The summed E-state index contributed by atoms with van der Waals surface area (Å²) in [7, 11) is -2.70. The first kappa shape index (κ1) is 17.2. The number of hydrogen-bond donors (Lipinski definition) is 1. The van der Waals surface area contributed by atoms with Crippen molar-refractivity contribution in [2.45, 2.75) is 17.0 Å². The maximum atomic E-state index is 11.6. The van der Waals surface area contributed by atoms with E-state index in [1.165, 1.54) is 24.3 Å². The van der Waals surface area contributed by atoms with Crippen LogP contribution in [0.25, 0.3) is 0 Å². The average molecular weight is 369 g/mol. The molecule has 2 rings (SSSR count). The van der Waals surface area contributed by atoms with Crippen molar-refractivity contribution in [2.24, 2.45) is 0 Å². The molecule has 11 heteroatoms. The molecule has 0 radical (unpaired) electrons. The van der Waals surface area contributed by atoms with Crippen molar-refractivity contribution >= 4 is 43.1 Å². The summed E-state index contributed by atoms with van der Waals surface area (Å²) in [6.07, 6.45) is -0.781. The van der Waals surface area contributed by atoms with Gasteiger partial charge in [0.1, 0.15) is 6.10 Å². The maximum Gasteiger partial charge on any atom is 0.319 e. The topological polar surface area (TPSA) is 108 Å². The molecule has 0 saturated carbocycles. The first-order valence-electron chi connectivity index (χ1n) is 6.05. The third-order valence-electron chi connectivity index (χ3n) is 2.93. The van der Waals surface area contributed by atoms with E-state index in [-0.39, 0.29) is 12.3 Å². The second kappa shape index (κ2) is 7.39. The number of hydrogen-bond acceptors (Lipinski definition) is 6. The molecule has 3 unspecified atom stereocenters. The highest BCUT2D eigenvalue weighted by molar-refractivity contribution is 7.33. The van der Waals surface area contributed by atoms with Gasteiger partial charge in [0.25, 0.3) is 11.6 Å². The third-order valence-corrected chi connectivity index (χ3v) is 4.17. The number of alkyl halides is 2. The van der Waals surface area contributed by atoms with Crippen LogP contribution in [0.3, 0.4) is 0 Å². The standard InChI is InChI=1S/C11H11Cl2N2O6P/c12-10(13)11(16)14-8-5-20-22(19)21-9(8)6-1-3-7(4-2-6)15(17)18/h1-4,8-10,22H,5H2,(H,14,16). The Morgan fingerprint density at radius 3 is 2.59 bits per heavy atom. The number of carbonyl (C=O) groups excluding carboxylic acids is 1. The van der Waals surface area contributed by atoms with Gasteiger partial charge in [0, 0.05) is 12.1 Å². The summed E-state index contributed by atoms with van der Waals surface area (Å²) in [4.78, 5) is 20.4. The Hall–Kier alpha value is -1.18. The Morgan fingerprint density at radius 2 is 2.05 bits per heavy atom. The van der Waals surface area contributed by atoms with Gasteiger partial charge in [-0.25, -0.2) is 0 Å². The van der Waals surface area contributed by atoms with E-state index < -0.39 is 36.1 Å². The SMILES string of the molecule is O=C(NC1CO[PH](=O)OC1c1ccc([N+](=O)[O-])cc1)C(Cl)Cl. The predicted octanol–water partition coefficient (Wildman–Crippen LogP) is 2.36. The molecule has 1 aliphatic rings. The Morgan fingerprint density at radius 1 is 1.41 bits per heavy atom. The van der Waals surface area contributed by atoms with Gasteiger partial charge in [0.05, 0.1) is 17.6 Å². The lowest BCUT2D eigenvalue weighted by Gasteiger charge is -2.32. The van der Waals surface area contributed by atoms with Crippen LogP contribution >= 0.6 is 31.5 Å². The summed E-state index contributed by atoms with van der Waals surface area (Å²) >= 11 is 10.9. The minimum absolute atomic E-state index is 0.0499. The van der Waals surface area contributed by atoms with Crippen molar-refractivity contribution in [3.63, 3.8) is 0 Å². The smallest absolute Gasteiger partial charge is 0.319 e. The molecule has 1 N–H and O–H groups in total. The Bertz CT molecular complexity index is 597. The van der Waals surface area contributed by atoms with E-state index in [2.05, 4.69) is 5.32 Å². The Kier molecular flexibility index (Phi) is 5.77. The average Bonchev–Trinajstić information content (AvgIpc) is 2.49. The number of nitro groups is 1. The fraction of sp³-hybridized carbons (Fsp3) is 0.364. The molecule has 0 bridgehead atoms. The zero-order valence-corrected chi connectivity index (χ0v) is 13.4. The number of rotatable bonds is 4. The lowest BCUT2D eigenvalue weighted by molar-refractivity contribution is -0.384. The summed E-state index contributed by atoms with van der Waals surface area (Å²) in [6.45, 7) is -0.0499. The van der Waals surface area contributed by atoms with Crippen LogP contribution in [0.1, 0.15) is 11.7 Å². The molecule has 1 aromatic rings. The van der Waals surface area contributed by atoms with Gasteiger partial charge in [-0.2, -0.15) is 0 Å². The van der Waals surface area contributed by atoms with Crippen LogP contribution in [0.4, 0.5) is 5.69 Å². The molecule has 0 aromatic heterocycles. The van der Waals surface area contributed by atoms with E-state index in [9.17, 15) is 19.5 Å². The lowest BCUT2D eigenvalue weighted by Crippen LogP contribution is -2.46. The molecule has 1 aromatic carbocycles. The van der Waals surface area contributed by atoms with Crippen LogP contribution in [0.5, 0.6) is 0 Å². The quantitative estimate of drug-likeness (QED) is 0.378. The minimum atomic E-state index is -2.70. The fourth-order valence-electron chi connectivity index (χ4n) is 1.91. The van der Waals surface area contributed by atoms with Crippen LogP contribution in [0.2, 0.25) is 0 Å². The molecule has 0 spiro atoms. The molecule has 1 fully saturated rings. The molecule has 0 aliphatic carbocycles. The van der Waals surface area contributed by atoms with E-state index in [0.717, 1.165) is 0 Å². The van der Waals surface area contributed by atoms with Crippen molar-refractivity contribution in [1.29, 1.82) is 0 Å². The van der Waals surface area contributed by atoms with Gasteiger partial charge >= 0.3 is 8.25 Å². The van der Waals surface area contributed by atoms with E-state index >= 15 is 0 Å². The number of halogens is 2.